The van der Waals surface area contributed by atoms with Crippen molar-refractivity contribution in [1.82, 2.24) is 0 Å². The Morgan fingerprint density at radius 1 is 0.900 bits per heavy atom. The molecule has 2 rings (SSSR count). The van der Waals surface area contributed by atoms with Gasteiger partial charge in [0.2, 0.25) is 5.91 Å². The summed E-state index contributed by atoms with van der Waals surface area (Å²) < 4.78 is 33.2. The molecule has 0 saturated carbocycles. The molecule has 0 bridgehead atoms. The number of amides is 1. The van der Waals surface area contributed by atoms with Gasteiger partial charge in [-0.2, -0.15) is 0 Å². The fourth-order valence-electron chi connectivity index (χ4n) is 3.43. The van der Waals surface area contributed by atoms with Gasteiger partial charge in [0.05, 0.1) is 10.6 Å². The summed E-state index contributed by atoms with van der Waals surface area (Å²) in [5.41, 5.74) is 2.34. The van der Waals surface area contributed by atoms with Crippen LogP contribution in [0.4, 0.5) is 5.69 Å². The molecule has 0 unspecified atom stereocenters. The largest absolute Gasteiger partial charge is 0.427 e. The molecule has 0 aliphatic rings. The van der Waals surface area contributed by atoms with Crippen LogP contribution < -0.4 is 9.04 Å². The van der Waals surface area contributed by atoms with Gasteiger partial charge < -0.3 is 4.74 Å². The molecular weight excluding hydrogens is 402 g/mol. The Hall–Kier alpha value is -2.67. The Labute approximate surface area is 178 Å². The van der Waals surface area contributed by atoms with Gasteiger partial charge in [-0.25, -0.2) is 12.7 Å². The molecule has 7 heteroatoms. The minimum absolute atomic E-state index is 0.0937. The van der Waals surface area contributed by atoms with E-state index in [0.717, 1.165) is 9.87 Å². The van der Waals surface area contributed by atoms with Crippen molar-refractivity contribution < 1.29 is 22.7 Å². The summed E-state index contributed by atoms with van der Waals surface area (Å²) >= 11 is 0. The first-order valence-corrected chi connectivity index (χ1v) is 11.5. The summed E-state index contributed by atoms with van der Waals surface area (Å²) in [7, 11) is -4.12. The summed E-state index contributed by atoms with van der Waals surface area (Å²) in [6, 6.07) is 9.55. The van der Waals surface area contributed by atoms with E-state index in [4.69, 9.17) is 4.74 Å². The van der Waals surface area contributed by atoms with Crippen LogP contribution >= 0.6 is 0 Å². The molecule has 0 heterocycles. The van der Waals surface area contributed by atoms with Crippen LogP contribution in [0.2, 0.25) is 0 Å². The summed E-state index contributed by atoms with van der Waals surface area (Å²) in [5, 5.41) is 0. The maximum absolute atomic E-state index is 13.6. The van der Waals surface area contributed by atoms with Crippen LogP contribution in [0.1, 0.15) is 56.2 Å². The van der Waals surface area contributed by atoms with Crippen molar-refractivity contribution in [3.8, 4) is 5.75 Å². The Balaban J connectivity index is 2.52. The van der Waals surface area contributed by atoms with Crippen LogP contribution in [0.5, 0.6) is 5.75 Å². The predicted octanol–water partition coefficient (Wildman–Crippen LogP) is 4.84. The molecule has 2 aromatic rings. The van der Waals surface area contributed by atoms with Crippen LogP contribution in [-0.2, 0) is 19.6 Å². The molecule has 2 aromatic carbocycles. The zero-order valence-electron chi connectivity index (χ0n) is 18.2. The Bertz CT molecular complexity index is 1000. The van der Waals surface area contributed by atoms with Crippen LogP contribution in [0.25, 0.3) is 0 Å². The van der Waals surface area contributed by atoms with Crippen molar-refractivity contribution in [3.63, 3.8) is 0 Å². The highest BCUT2D eigenvalue weighted by molar-refractivity contribution is 7.93. The SMILES string of the molecule is CCCC(=O)Oc1ccc(N(C(=O)CCC)S(=O)(=O)c2c(C)cc(C)cc2C)cc1. The topological polar surface area (TPSA) is 80.8 Å². The highest BCUT2D eigenvalue weighted by atomic mass is 32.2. The number of ether oxygens (including phenoxy) is 1. The third-order valence-electron chi connectivity index (χ3n) is 4.55. The molecule has 1 amide bonds. The number of rotatable bonds is 8. The van der Waals surface area contributed by atoms with Crippen molar-refractivity contribution in [2.75, 3.05) is 4.31 Å². The average Bonchev–Trinajstić information content (AvgIpc) is 2.62. The van der Waals surface area contributed by atoms with Gasteiger partial charge in [0.15, 0.2) is 0 Å². The van der Waals surface area contributed by atoms with Gasteiger partial charge in [-0.05, 0) is 69.0 Å². The first kappa shape index (κ1) is 23.6. The zero-order chi connectivity index (χ0) is 22.5. The summed E-state index contributed by atoms with van der Waals surface area (Å²) in [6.45, 7) is 9.05. The molecule has 6 nitrogen and oxygen atoms in total. The maximum atomic E-state index is 13.6. The number of hydrogen-bond acceptors (Lipinski definition) is 5. The fraction of sp³-hybridized carbons (Fsp3) is 0.391. The van der Waals surface area contributed by atoms with Crippen molar-refractivity contribution in [3.05, 3.63) is 53.1 Å². The van der Waals surface area contributed by atoms with Gasteiger partial charge in [-0.3, -0.25) is 9.59 Å². The molecule has 0 aromatic heterocycles. The molecule has 30 heavy (non-hydrogen) atoms. The molecule has 0 spiro atoms. The number of esters is 1. The quantitative estimate of drug-likeness (QED) is 0.441. The van der Waals surface area contributed by atoms with E-state index in [1.165, 1.54) is 24.3 Å². The van der Waals surface area contributed by atoms with Gasteiger partial charge in [0.1, 0.15) is 5.75 Å². The number of carbonyl (C=O) groups excluding carboxylic acids is 2. The number of anilines is 1. The number of aryl methyl sites for hydroxylation is 3. The van der Waals surface area contributed by atoms with Gasteiger partial charge in [0.25, 0.3) is 10.0 Å². The fourth-order valence-corrected chi connectivity index (χ4v) is 5.31. The first-order valence-electron chi connectivity index (χ1n) is 10.1. The molecule has 0 fully saturated rings. The van der Waals surface area contributed by atoms with Crippen molar-refractivity contribution in [1.29, 1.82) is 0 Å². The van der Waals surface area contributed by atoms with Gasteiger partial charge in [-0.15, -0.1) is 0 Å². The molecular formula is C23H29NO5S. The van der Waals surface area contributed by atoms with E-state index in [0.29, 0.717) is 36.1 Å². The first-order chi connectivity index (χ1) is 14.1. The van der Waals surface area contributed by atoms with Gasteiger partial charge in [-0.1, -0.05) is 31.5 Å². The van der Waals surface area contributed by atoms with Gasteiger partial charge in [0, 0.05) is 12.8 Å². The normalized spacial score (nSPS) is 11.2. The standard InChI is InChI=1S/C23H29NO5S/c1-6-8-21(25)24(19-10-12-20(13-11-19)29-22(26)9-7-2)30(27,28)23-17(4)14-16(3)15-18(23)5/h10-15H,6-9H2,1-5H3. The average molecular weight is 432 g/mol. The molecule has 162 valence electrons. The minimum Gasteiger partial charge on any atom is -0.427 e. The lowest BCUT2D eigenvalue weighted by atomic mass is 10.1. The minimum atomic E-state index is -4.12. The number of carbonyl (C=O) groups is 2. The number of hydrogen-bond donors (Lipinski definition) is 0. The zero-order valence-corrected chi connectivity index (χ0v) is 19.0. The van der Waals surface area contributed by atoms with Crippen molar-refractivity contribution in [2.45, 2.75) is 65.2 Å². The predicted molar refractivity (Wildman–Crippen MR) is 117 cm³/mol. The maximum Gasteiger partial charge on any atom is 0.311 e. The monoisotopic (exact) mass is 431 g/mol. The van der Waals surface area contributed by atoms with Crippen LogP contribution in [0.3, 0.4) is 0 Å². The molecule has 0 radical (unpaired) electrons. The smallest absolute Gasteiger partial charge is 0.311 e. The highest BCUT2D eigenvalue weighted by Crippen LogP contribution is 2.31. The van der Waals surface area contributed by atoms with E-state index >= 15 is 0 Å². The molecule has 0 atom stereocenters. The van der Waals surface area contributed by atoms with E-state index in [2.05, 4.69) is 0 Å². The third-order valence-corrected chi connectivity index (χ3v) is 6.61. The second kappa shape index (κ2) is 9.89. The lowest BCUT2D eigenvalue weighted by molar-refractivity contribution is -0.134. The van der Waals surface area contributed by atoms with E-state index in [1.54, 1.807) is 26.0 Å². The van der Waals surface area contributed by atoms with Crippen LogP contribution in [0.15, 0.2) is 41.3 Å². The van der Waals surface area contributed by atoms with Crippen molar-refractivity contribution >= 4 is 27.6 Å². The summed E-state index contributed by atoms with van der Waals surface area (Å²) in [6.07, 6.45) is 1.58. The van der Waals surface area contributed by atoms with E-state index in [1.807, 2.05) is 20.8 Å². The van der Waals surface area contributed by atoms with Crippen LogP contribution in [0, 0.1) is 20.8 Å². The van der Waals surface area contributed by atoms with Crippen LogP contribution in [-0.4, -0.2) is 20.3 Å². The van der Waals surface area contributed by atoms with Gasteiger partial charge >= 0.3 is 5.97 Å². The molecule has 0 saturated heterocycles. The highest BCUT2D eigenvalue weighted by Gasteiger charge is 2.33. The lowest BCUT2D eigenvalue weighted by Crippen LogP contribution is -2.37. The Morgan fingerprint density at radius 2 is 1.43 bits per heavy atom. The Morgan fingerprint density at radius 3 is 1.93 bits per heavy atom. The van der Waals surface area contributed by atoms with E-state index in [-0.39, 0.29) is 23.0 Å². The van der Waals surface area contributed by atoms with E-state index < -0.39 is 15.9 Å². The second-order valence-electron chi connectivity index (χ2n) is 7.36. The molecule has 0 N–H and O–H groups in total. The summed E-state index contributed by atoms with van der Waals surface area (Å²) in [4.78, 5) is 24.7. The summed E-state index contributed by atoms with van der Waals surface area (Å²) in [5.74, 6) is -0.560. The van der Waals surface area contributed by atoms with Crippen molar-refractivity contribution in [2.24, 2.45) is 0 Å². The second-order valence-corrected chi connectivity index (χ2v) is 9.08. The Kier molecular flexibility index (Phi) is 7.78. The number of sulfonamides is 1. The number of nitrogens with zero attached hydrogens (tertiary/aromatic N) is 1. The lowest BCUT2D eigenvalue weighted by Gasteiger charge is -2.25. The molecule has 0 aliphatic heterocycles. The molecule has 0 aliphatic carbocycles. The number of benzene rings is 2. The third kappa shape index (κ3) is 5.27. The van der Waals surface area contributed by atoms with E-state index in [9.17, 15) is 18.0 Å².